The highest BCUT2D eigenvalue weighted by atomic mass is 15.3. The molecule has 1 aromatic heterocycles. The molecule has 3 nitrogen and oxygen atoms in total. The Morgan fingerprint density at radius 2 is 2.07 bits per heavy atom. The molecule has 84 valence electrons. The molecule has 0 atom stereocenters. The zero-order valence-corrected chi connectivity index (χ0v) is 9.79. The van der Waals surface area contributed by atoms with Crippen LogP contribution in [-0.4, -0.2) is 9.78 Å². The van der Waals surface area contributed by atoms with Gasteiger partial charge in [0.1, 0.15) is 5.82 Å². The average molecular weight is 207 g/mol. The van der Waals surface area contributed by atoms with Crippen LogP contribution in [0.3, 0.4) is 0 Å². The van der Waals surface area contributed by atoms with Gasteiger partial charge in [0.2, 0.25) is 0 Å². The summed E-state index contributed by atoms with van der Waals surface area (Å²) in [5.41, 5.74) is 8.66. The molecule has 0 unspecified atom stereocenters. The topological polar surface area (TPSA) is 43.8 Å². The van der Waals surface area contributed by atoms with Gasteiger partial charge in [0.05, 0.1) is 5.69 Å². The van der Waals surface area contributed by atoms with Gasteiger partial charge in [0.15, 0.2) is 0 Å². The number of hydrogen-bond donors (Lipinski definition) is 1. The first-order chi connectivity index (χ1) is 7.24. The van der Waals surface area contributed by atoms with E-state index in [0.29, 0.717) is 5.92 Å². The third-order valence-electron chi connectivity index (χ3n) is 3.47. The summed E-state index contributed by atoms with van der Waals surface area (Å²) in [4.78, 5) is 0. The molecule has 0 amide bonds. The third-order valence-corrected chi connectivity index (χ3v) is 3.47. The van der Waals surface area contributed by atoms with Crippen molar-refractivity contribution in [3.63, 3.8) is 0 Å². The predicted molar refractivity (Wildman–Crippen MR) is 62.8 cm³/mol. The van der Waals surface area contributed by atoms with Crippen molar-refractivity contribution in [3.8, 4) is 0 Å². The summed E-state index contributed by atoms with van der Waals surface area (Å²) >= 11 is 0. The summed E-state index contributed by atoms with van der Waals surface area (Å²) in [6.07, 6.45) is 7.53. The van der Waals surface area contributed by atoms with Crippen molar-refractivity contribution >= 4 is 5.82 Å². The van der Waals surface area contributed by atoms with E-state index in [4.69, 9.17) is 5.73 Å². The van der Waals surface area contributed by atoms with Crippen molar-refractivity contribution in [2.24, 2.45) is 7.05 Å². The van der Waals surface area contributed by atoms with Crippen molar-refractivity contribution in [3.05, 3.63) is 11.3 Å². The first-order valence-corrected chi connectivity index (χ1v) is 6.05. The summed E-state index contributed by atoms with van der Waals surface area (Å²) in [5.74, 6) is 1.55. The number of nitrogen functional groups attached to an aromatic ring is 1. The molecule has 15 heavy (non-hydrogen) atoms. The summed E-state index contributed by atoms with van der Waals surface area (Å²) in [6.45, 7) is 2.20. The van der Waals surface area contributed by atoms with Crippen molar-refractivity contribution < 1.29 is 0 Å². The molecule has 2 N–H and O–H groups in total. The van der Waals surface area contributed by atoms with E-state index in [0.717, 1.165) is 18.7 Å². The molecule has 0 radical (unpaired) electrons. The van der Waals surface area contributed by atoms with Crippen LogP contribution in [0.5, 0.6) is 0 Å². The minimum absolute atomic E-state index is 0.676. The van der Waals surface area contributed by atoms with Crippen LogP contribution in [0.25, 0.3) is 0 Å². The molecular weight excluding hydrogens is 186 g/mol. The molecule has 1 aliphatic carbocycles. The maximum atomic E-state index is 6.06. The Hall–Kier alpha value is -0.990. The predicted octanol–water partition coefficient (Wildman–Crippen LogP) is 2.61. The van der Waals surface area contributed by atoms with E-state index in [2.05, 4.69) is 12.0 Å². The van der Waals surface area contributed by atoms with E-state index in [9.17, 15) is 0 Å². The van der Waals surface area contributed by atoms with Crippen molar-refractivity contribution in [2.75, 3.05) is 5.73 Å². The molecular formula is C12H21N3. The molecule has 0 saturated heterocycles. The second-order valence-corrected chi connectivity index (χ2v) is 4.60. The van der Waals surface area contributed by atoms with Gasteiger partial charge in [-0.15, -0.1) is 0 Å². The lowest BCUT2D eigenvalue weighted by molar-refractivity contribution is 0.654. The fourth-order valence-electron chi connectivity index (χ4n) is 2.64. The summed E-state index contributed by atoms with van der Waals surface area (Å²) in [5, 5.41) is 4.60. The Balaban J connectivity index is 2.31. The monoisotopic (exact) mass is 207 g/mol. The maximum absolute atomic E-state index is 6.06. The molecule has 3 heteroatoms. The van der Waals surface area contributed by atoms with Gasteiger partial charge in [-0.05, 0) is 19.3 Å². The second-order valence-electron chi connectivity index (χ2n) is 4.60. The highest BCUT2D eigenvalue weighted by Gasteiger charge is 2.24. The van der Waals surface area contributed by atoms with Gasteiger partial charge in [-0.1, -0.05) is 26.2 Å². The normalized spacial score (nSPS) is 17.5. The van der Waals surface area contributed by atoms with Gasteiger partial charge in [-0.2, -0.15) is 5.10 Å². The van der Waals surface area contributed by atoms with E-state index in [1.165, 1.54) is 36.9 Å². The zero-order valence-electron chi connectivity index (χ0n) is 9.79. The largest absolute Gasteiger partial charge is 0.384 e. The lowest BCUT2D eigenvalue weighted by Crippen LogP contribution is -1.99. The van der Waals surface area contributed by atoms with E-state index < -0.39 is 0 Å². The van der Waals surface area contributed by atoms with E-state index in [1.54, 1.807) is 0 Å². The Labute approximate surface area is 91.7 Å². The number of aryl methyl sites for hydroxylation is 1. The van der Waals surface area contributed by atoms with E-state index in [-0.39, 0.29) is 0 Å². The molecule has 0 aliphatic heterocycles. The molecule has 0 spiro atoms. The summed E-state index contributed by atoms with van der Waals surface area (Å²) < 4.78 is 1.85. The van der Waals surface area contributed by atoms with E-state index in [1.807, 2.05) is 11.7 Å². The number of nitrogens with zero attached hydrogens (tertiary/aromatic N) is 2. The lowest BCUT2D eigenvalue weighted by atomic mass is 9.98. The molecule has 1 saturated carbocycles. The number of rotatable bonds is 3. The number of anilines is 1. The third kappa shape index (κ3) is 1.87. The highest BCUT2D eigenvalue weighted by Crippen LogP contribution is 2.36. The Bertz CT molecular complexity index is 335. The standard InChI is InChI=1S/C12H21N3/c1-3-6-10-11(9-7-4-5-8-9)14-15(2)12(10)13/h9H,3-8,13H2,1-2H3. The number of hydrogen-bond acceptors (Lipinski definition) is 2. The maximum Gasteiger partial charge on any atom is 0.124 e. The van der Waals surface area contributed by atoms with Gasteiger partial charge >= 0.3 is 0 Å². The van der Waals surface area contributed by atoms with Crippen molar-refractivity contribution in [2.45, 2.75) is 51.4 Å². The molecule has 1 heterocycles. The van der Waals surface area contributed by atoms with Crippen LogP contribution in [0.4, 0.5) is 5.82 Å². The van der Waals surface area contributed by atoms with E-state index >= 15 is 0 Å². The van der Waals surface area contributed by atoms with Gasteiger partial charge in [0, 0.05) is 18.5 Å². The van der Waals surface area contributed by atoms with Crippen LogP contribution in [0.1, 0.15) is 56.2 Å². The fraction of sp³-hybridized carbons (Fsp3) is 0.750. The highest BCUT2D eigenvalue weighted by molar-refractivity contribution is 5.45. The number of aromatic nitrogens is 2. The molecule has 1 aliphatic rings. The Morgan fingerprint density at radius 1 is 1.40 bits per heavy atom. The molecule has 1 aromatic rings. The van der Waals surface area contributed by atoms with Crippen LogP contribution < -0.4 is 5.73 Å². The fourth-order valence-corrected chi connectivity index (χ4v) is 2.64. The molecule has 0 aromatic carbocycles. The van der Waals surface area contributed by atoms with Crippen LogP contribution in [-0.2, 0) is 13.5 Å². The van der Waals surface area contributed by atoms with Gasteiger partial charge in [0.25, 0.3) is 0 Å². The quantitative estimate of drug-likeness (QED) is 0.828. The molecule has 1 fully saturated rings. The first kappa shape index (κ1) is 10.5. The number of nitrogens with two attached hydrogens (primary N) is 1. The van der Waals surface area contributed by atoms with Gasteiger partial charge < -0.3 is 5.73 Å². The lowest BCUT2D eigenvalue weighted by Gasteiger charge is -2.08. The SMILES string of the molecule is CCCc1c(C2CCCC2)nn(C)c1N. The molecule has 0 bridgehead atoms. The van der Waals surface area contributed by atoms with Crippen LogP contribution >= 0.6 is 0 Å². The first-order valence-electron chi connectivity index (χ1n) is 6.05. The van der Waals surface area contributed by atoms with Crippen LogP contribution in [0.15, 0.2) is 0 Å². The second kappa shape index (κ2) is 4.25. The average Bonchev–Trinajstić information content (AvgIpc) is 2.81. The molecule has 2 rings (SSSR count). The summed E-state index contributed by atoms with van der Waals surface area (Å²) in [7, 11) is 1.95. The van der Waals surface area contributed by atoms with Crippen molar-refractivity contribution in [1.82, 2.24) is 9.78 Å². The Morgan fingerprint density at radius 3 is 2.67 bits per heavy atom. The zero-order chi connectivity index (χ0) is 10.8. The van der Waals surface area contributed by atoms with Gasteiger partial charge in [-0.3, -0.25) is 4.68 Å². The van der Waals surface area contributed by atoms with Crippen LogP contribution in [0, 0.1) is 0 Å². The van der Waals surface area contributed by atoms with Crippen LogP contribution in [0.2, 0.25) is 0 Å². The Kier molecular flexibility index (Phi) is 2.98. The van der Waals surface area contributed by atoms with Gasteiger partial charge in [-0.25, -0.2) is 0 Å². The minimum atomic E-state index is 0.676. The smallest absolute Gasteiger partial charge is 0.124 e. The minimum Gasteiger partial charge on any atom is -0.384 e. The van der Waals surface area contributed by atoms with Crippen molar-refractivity contribution in [1.29, 1.82) is 0 Å². The summed E-state index contributed by atoms with van der Waals surface area (Å²) in [6, 6.07) is 0.